The molecule has 3 heterocycles. The fourth-order valence-electron chi connectivity index (χ4n) is 5.20. The van der Waals surface area contributed by atoms with Gasteiger partial charge >= 0.3 is 6.03 Å². The number of halogens is 2. The number of hydrogen-bond acceptors (Lipinski definition) is 5. The number of aromatic hydroxyl groups is 1. The van der Waals surface area contributed by atoms with Crippen molar-refractivity contribution in [2.45, 2.75) is 23.8 Å². The van der Waals surface area contributed by atoms with Crippen LogP contribution in [0.5, 0.6) is 5.75 Å². The van der Waals surface area contributed by atoms with Gasteiger partial charge < -0.3 is 20.2 Å². The van der Waals surface area contributed by atoms with Crippen molar-refractivity contribution in [3.05, 3.63) is 71.3 Å². The number of alkyl halides is 1. The highest BCUT2D eigenvalue weighted by Crippen LogP contribution is 2.52. The van der Waals surface area contributed by atoms with E-state index in [9.17, 15) is 9.90 Å². The third-order valence-corrected chi connectivity index (χ3v) is 7.73. The molecule has 9 heteroatoms. The number of phenols is 1. The van der Waals surface area contributed by atoms with Crippen molar-refractivity contribution in [1.82, 2.24) is 20.1 Å². The monoisotopic (exact) mass is 497 g/mol. The van der Waals surface area contributed by atoms with Crippen LogP contribution in [0.2, 0.25) is 0 Å². The van der Waals surface area contributed by atoms with Crippen LogP contribution in [-0.4, -0.2) is 72.2 Å². The van der Waals surface area contributed by atoms with E-state index >= 15 is 4.39 Å². The SMILES string of the molecule is CNC1CCN(c2cc([C@@]3(Cl)CC(c4ccccc4O)=CC(F)=C3N3CCN(C)C3=O)ccn2)C1. The molecule has 0 bridgehead atoms. The molecule has 184 valence electrons. The molecular weight excluding hydrogens is 469 g/mol. The molecule has 2 amide bonds. The first-order chi connectivity index (χ1) is 16.8. The summed E-state index contributed by atoms with van der Waals surface area (Å²) in [7, 11) is 3.64. The number of nitrogens with zero attached hydrogens (tertiary/aromatic N) is 4. The summed E-state index contributed by atoms with van der Waals surface area (Å²) in [5.74, 6) is 0.239. The van der Waals surface area contributed by atoms with Crippen LogP contribution in [0.1, 0.15) is 24.0 Å². The molecule has 5 rings (SSSR count). The van der Waals surface area contributed by atoms with Crippen LogP contribution in [0.4, 0.5) is 15.0 Å². The minimum absolute atomic E-state index is 0.0524. The molecule has 7 nitrogen and oxygen atoms in total. The molecule has 0 radical (unpaired) electrons. The second kappa shape index (κ2) is 9.17. The van der Waals surface area contributed by atoms with E-state index in [0.717, 1.165) is 25.3 Å². The third-order valence-electron chi connectivity index (χ3n) is 7.20. The lowest BCUT2D eigenvalue weighted by Gasteiger charge is -2.38. The van der Waals surface area contributed by atoms with Crippen LogP contribution in [0.25, 0.3) is 5.57 Å². The average molecular weight is 498 g/mol. The predicted molar refractivity (Wildman–Crippen MR) is 135 cm³/mol. The summed E-state index contributed by atoms with van der Waals surface area (Å²) in [5, 5.41) is 13.8. The van der Waals surface area contributed by atoms with Gasteiger partial charge in [-0.2, -0.15) is 0 Å². The average Bonchev–Trinajstić information content (AvgIpc) is 3.46. The van der Waals surface area contributed by atoms with Crippen LogP contribution < -0.4 is 10.2 Å². The molecule has 2 atom stereocenters. The van der Waals surface area contributed by atoms with Crippen molar-refractivity contribution >= 4 is 29.0 Å². The standard InChI is InChI=1S/C26H29ClFN5O2/c1-29-19-8-10-32(16-19)23-14-18(7-9-30-23)26(27)15-17(20-5-3-4-6-22(20)34)13-21(28)24(26)33-12-11-31(2)25(33)35/h3-7,9,13-14,19,29,34H,8,10-12,15-16H2,1-2H3/t19?,26-/m0/s1. The second-order valence-corrected chi connectivity index (χ2v) is 9.99. The van der Waals surface area contributed by atoms with E-state index < -0.39 is 10.7 Å². The summed E-state index contributed by atoms with van der Waals surface area (Å²) in [5.41, 5.74) is 1.88. The first-order valence-corrected chi connectivity index (χ1v) is 12.2. The molecule has 1 aliphatic carbocycles. The second-order valence-electron chi connectivity index (χ2n) is 9.34. The Labute approximate surface area is 209 Å². The van der Waals surface area contributed by atoms with Crippen LogP contribution in [0.3, 0.4) is 0 Å². The lowest BCUT2D eigenvalue weighted by molar-refractivity contribution is 0.203. The van der Waals surface area contributed by atoms with Gasteiger partial charge in [-0.25, -0.2) is 14.2 Å². The number of hydrogen-bond donors (Lipinski definition) is 2. The van der Waals surface area contributed by atoms with Crippen molar-refractivity contribution in [3.8, 4) is 5.75 Å². The molecule has 1 aromatic heterocycles. The summed E-state index contributed by atoms with van der Waals surface area (Å²) < 4.78 is 15.9. The predicted octanol–water partition coefficient (Wildman–Crippen LogP) is 4.06. The van der Waals surface area contributed by atoms with Gasteiger partial charge in [-0.1, -0.05) is 18.2 Å². The highest BCUT2D eigenvalue weighted by Gasteiger charge is 2.47. The van der Waals surface area contributed by atoms with E-state index in [1.165, 1.54) is 11.0 Å². The Kier molecular flexibility index (Phi) is 6.19. The Balaban J connectivity index is 1.61. The van der Waals surface area contributed by atoms with E-state index in [1.54, 1.807) is 48.5 Å². The Morgan fingerprint density at radius 1 is 1.23 bits per heavy atom. The number of benzene rings is 1. The lowest BCUT2D eigenvalue weighted by atomic mass is 9.81. The number of allylic oxidation sites excluding steroid dienone is 4. The zero-order valence-electron chi connectivity index (χ0n) is 19.8. The fraction of sp³-hybridized carbons (Fsp3) is 0.385. The van der Waals surface area contributed by atoms with Crippen molar-refractivity contribution < 1.29 is 14.3 Å². The normalized spacial score (nSPS) is 25.0. The van der Waals surface area contributed by atoms with Gasteiger partial charge in [-0.05, 0) is 48.9 Å². The van der Waals surface area contributed by atoms with Crippen molar-refractivity contribution in [1.29, 1.82) is 0 Å². The Morgan fingerprint density at radius 2 is 2.03 bits per heavy atom. The minimum atomic E-state index is -1.36. The van der Waals surface area contributed by atoms with Crippen molar-refractivity contribution in [3.63, 3.8) is 0 Å². The van der Waals surface area contributed by atoms with E-state index in [-0.39, 0.29) is 23.9 Å². The summed E-state index contributed by atoms with van der Waals surface area (Å²) in [4.78, 5) is 21.3. The highest BCUT2D eigenvalue weighted by molar-refractivity contribution is 6.27. The number of anilines is 1. The number of amides is 2. The largest absolute Gasteiger partial charge is 0.507 e. The number of carbonyl (C=O) groups excluding carboxylic acids is 1. The minimum Gasteiger partial charge on any atom is -0.507 e. The van der Waals surface area contributed by atoms with Crippen molar-refractivity contribution in [2.24, 2.45) is 0 Å². The molecule has 2 N–H and O–H groups in total. The molecule has 0 saturated carbocycles. The number of nitrogens with one attached hydrogen (secondary N) is 1. The topological polar surface area (TPSA) is 71.9 Å². The number of para-hydroxylation sites is 1. The Morgan fingerprint density at radius 3 is 2.71 bits per heavy atom. The molecule has 1 aromatic carbocycles. The van der Waals surface area contributed by atoms with Crippen LogP contribution in [0, 0.1) is 0 Å². The maximum Gasteiger partial charge on any atom is 0.324 e. The van der Waals surface area contributed by atoms with Gasteiger partial charge in [-0.3, -0.25) is 4.90 Å². The summed E-state index contributed by atoms with van der Waals surface area (Å²) in [6.45, 7) is 2.50. The van der Waals surface area contributed by atoms with E-state index in [2.05, 4.69) is 15.2 Å². The highest BCUT2D eigenvalue weighted by atomic mass is 35.5. The molecule has 2 aromatic rings. The molecule has 35 heavy (non-hydrogen) atoms. The Hall–Kier alpha value is -3.10. The quantitative estimate of drug-likeness (QED) is 0.610. The number of urea groups is 1. The van der Waals surface area contributed by atoms with Crippen molar-refractivity contribution in [2.75, 3.05) is 45.2 Å². The van der Waals surface area contributed by atoms with Gasteiger partial charge in [0, 0.05) is 57.4 Å². The maximum atomic E-state index is 15.9. The molecule has 0 spiro atoms. The number of carbonyl (C=O) groups is 1. The van der Waals surface area contributed by atoms with E-state index in [0.29, 0.717) is 35.8 Å². The number of aromatic nitrogens is 1. The maximum absolute atomic E-state index is 15.9. The summed E-state index contributed by atoms with van der Waals surface area (Å²) in [6, 6.07) is 10.6. The molecule has 2 fully saturated rings. The smallest absolute Gasteiger partial charge is 0.324 e. The van der Waals surface area contributed by atoms with Gasteiger partial charge in [0.15, 0.2) is 0 Å². The molecule has 2 saturated heterocycles. The zero-order valence-corrected chi connectivity index (χ0v) is 20.6. The van der Waals surface area contributed by atoms with E-state index in [1.807, 2.05) is 13.1 Å². The molecule has 1 unspecified atom stereocenters. The molecule has 3 aliphatic rings. The number of rotatable bonds is 5. The van der Waals surface area contributed by atoms with Crippen LogP contribution in [-0.2, 0) is 4.87 Å². The summed E-state index contributed by atoms with van der Waals surface area (Å²) in [6.07, 6.45) is 4.28. The number of phenolic OH excluding ortho intramolecular Hbond substituents is 1. The molecular formula is C26H29ClFN5O2. The fourth-order valence-corrected chi connectivity index (χ4v) is 5.66. The first-order valence-electron chi connectivity index (χ1n) is 11.8. The zero-order chi connectivity index (χ0) is 24.7. The first kappa shape index (κ1) is 23.6. The lowest BCUT2D eigenvalue weighted by Crippen LogP contribution is -2.39. The number of pyridine rings is 1. The van der Waals surface area contributed by atoms with Gasteiger partial charge in [0.25, 0.3) is 0 Å². The van der Waals surface area contributed by atoms with E-state index in [4.69, 9.17) is 11.6 Å². The Bertz CT molecular complexity index is 1220. The van der Waals surface area contributed by atoms with Crippen LogP contribution >= 0.6 is 11.6 Å². The summed E-state index contributed by atoms with van der Waals surface area (Å²) >= 11 is 7.39. The van der Waals surface area contributed by atoms with Gasteiger partial charge in [0.1, 0.15) is 22.3 Å². The van der Waals surface area contributed by atoms with Crippen LogP contribution in [0.15, 0.2) is 60.2 Å². The number of likely N-dealkylation sites (N-methyl/N-ethyl adjacent to an activating group) is 2. The van der Waals surface area contributed by atoms with Gasteiger partial charge in [0.2, 0.25) is 0 Å². The van der Waals surface area contributed by atoms with Gasteiger partial charge in [-0.15, -0.1) is 11.6 Å². The van der Waals surface area contributed by atoms with Gasteiger partial charge in [0.05, 0.1) is 5.70 Å². The molecule has 2 aliphatic heterocycles. The third kappa shape index (κ3) is 4.15.